The van der Waals surface area contributed by atoms with Crippen LogP contribution in [-0.4, -0.2) is 0 Å². The SMILES string of the molecule is [C-]#[N+]c1ccc(-c2cccc(-c3ccc4c5ccccc5c5ccccc5c4c3)c2)cc1Cl. The second-order valence-corrected chi connectivity index (χ2v) is 8.62. The molecular weight excluding hydrogens is 422 g/mol. The molecule has 0 unspecified atom stereocenters. The molecule has 1 nitrogen and oxygen atoms in total. The third-order valence-corrected chi connectivity index (χ3v) is 6.64. The van der Waals surface area contributed by atoms with E-state index in [2.05, 4.69) is 95.8 Å². The molecule has 2 heteroatoms. The summed E-state index contributed by atoms with van der Waals surface area (Å²) in [6.45, 7) is 7.22. The smallest absolute Gasteiger partial charge is 0.205 e. The Kier molecular flexibility index (Phi) is 4.61. The van der Waals surface area contributed by atoms with Crippen molar-refractivity contribution in [2.75, 3.05) is 0 Å². The second-order valence-electron chi connectivity index (χ2n) is 8.21. The molecule has 0 spiro atoms. The maximum absolute atomic E-state index is 7.22. The predicted octanol–water partition coefficient (Wildman–Crippen LogP) is 9.68. The van der Waals surface area contributed by atoms with E-state index in [1.165, 1.54) is 37.9 Å². The molecule has 6 aromatic rings. The Morgan fingerprint density at radius 2 is 0.939 bits per heavy atom. The minimum atomic E-state index is 0.477. The molecule has 0 aliphatic carbocycles. The van der Waals surface area contributed by atoms with E-state index in [0.29, 0.717) is 10.7 Å². The number of fused-ring (bicyclic) bond motifs is 6. The van der Waals surface area contributed by atoms with Crippen molar-refractivity contribution in [2.45, 2.75) is 0 Å². The Labute approximate surface area is 197 Å². The lowest BCUT2D eigenvalue weighted by molar-refractivity contribution is 1.60. The normalized spacial score (nSPS) is 11.2. The average molecular weight is 440 g/mol. The lowest BCUT2D eigenvalue weighted by Gasteiger charge is -2.12. The van der Waals surface area contributed by atoms with Crippen molar-refractivity contribution < 1.29 is 0 Å². The molecule has 0 bridgehead atoms. The number of benzene rings is 6. The van der Waals surface area contributed by atoms with Gasteiger partial charge in [0.25, 0.3) is 0 Å². The van der Waals surface area contributed by atoms with Gasteiger partial charge in [-0.25, -0.2) is 4.85 Å². The van der Waals surface area contributed by atoms with Gasteiger partial charge in [-0.2, -0.15) is 0 Å². The molecule has 0 radical (unpaired) electrons. The summed E-state index contributed by atoms with van der Waals surface area (Å²) in [5, 5.41) is 8.13. The minimum Gasteiger partial charge on any atom is -0.237 e. The van der Waals surface area contributed by atoms with Gasteiger partial charge in [-0.1, -0.05) is 103 Å². The third kappa shape index (κ3) is 3.24. The molecule has 0 saturated carbocycles. The van der Waals surface area contributed by atoms with Crippen LogP contribution in [0.2, 0.25) is 5.02 Å². The van der Waals surface area contributed by atoms with Crippen LogP contribution >= 0.6 is 11.6 Å². The van der Waals surface area contributed by atoms with Gasteiger partial charge in [0.2, 0.25) is 5.69 Å². The molecular formula is C31H18ClN. The molecule has 0 fully saturated rings. The fourth-order valence-corrected chi connectivity index (χ4v) is 4.97. The fraction of sp³-hybridized carbons (Fsp3) is 0. The highest BCUT2D eigenvalue weighted by Crippen LogP contribution is 2.38. The van der Waals surface area contributed by atoms with E-state index in [4.69, 9.17) is 18.2 Å². The highest BCUT2D eigenvalue weighted by Gasteiger charge is 2.10. The van der Waals surface area contributed by atoms with E-state index in [9.17, 15) is 0 Å². The van der Waals surface area contributed by atoms with Gasteiger partial charge >= 0.3 is 0 Å². The summed E-state index contributed by atoms with van der Waals surface area (Å²) in [6.07, 6.45) is 0. The van der Waals surface area contributed by atoms with Crippen molar-refractivity contribution >= 4 is 49.6 Å². The van der Waals surface area contributed by atoms with Gasteiger partial charge in [0, 0.05) is 5.02 Å². The summed E-state index contributed by atoms with van der Waals surface area (Å²) in [5.74, 6) is 0. The minimum absolute atomic E-state index is 0.477. The van der Waals surface area contributed by atoms with Crippen molar-refractivity contribution in [3.05, 3.63) is 126 Å². The first-order valence-electron chi connectivity index (χ1n) is 10.8. The van der Waals surface area contributed by atoms with Crippen LogP contribution in [0.3, 0.4) is 0 Å². The summed E-state index contributed by atoms with van der Waals surface area (Å²) < 4.78 is 0. The summed E-state index contributed by atoms with van der Waals surface area (Å²) in [5.41, 5.74) is 4.89. The van der Waals surface area contributed by atoms with E-state index in [-0.39, 0.29) is 0 Å². The standard InChI is InChI=1S/C31H18ClN/c1-33-31-16-14-23(19-30(31)32)21-8-6-7-20(17-21)22-13-15-28-26-11-3-2-9-24(26)25-10-4-5-12-27(25)29(28)18-22/h2-19H. The number of nitrogens with zero attached hydrogens (tertiary/aromatic N) is 1. The van der Waals surface area contributed by atoms with Crippen LogP contribution in [-0.2, 0) is 0 Å². The van der Waals surface area contributed by atoms with E-state index >= 15 is 0 Å². The molecule has 0 aliphatic heterocycles. The Hall–Kier alpha value is -4.12. The van der Waals surface area contributed by atoms with Crippen molar-refractivity contribution in [1.29, 1.82) is 0 Å². The second kappa shape index (κ2) is 7.78. The molecule has 6 aromatic carbocycles. The van der Waals surface area contributed by atoms with Gasteiger partial charge in [-0.05, 0) is 72.8 Å². The Morgan fingerprint density at radius 3 is 1.52 bits per heavy atom. The largest absolute Gasteiger partial charge is 0.237 e. The number of rotatable bonds is 2. The number of hydrogen-bond donors (Lipinski definition) is 0. The van der Waals surface area contributed by atoms with E-state index < -0.39 is 0 Å². The maximum atomic E-state index is 7.22. The van der Waals surface area contributed by atoms with Gasteiger partial charge in [0.1, 0.15) is 0 Å². The zero-order valence-electron chi connectivity index (χ0n) is 17.7. The molecule has 6 rings (SSSR count). The van der Waals surface area contributed by atoms with Crippen LogP contribution in [0, 0.1) is 6.57 Å². The van der Waals surface area contributed by atoms with E-state index in [0.717, 1.165) is 16.7 Å². The zero-order chi connectivity index (χ0) is 22.4. The lowest BCUT2D eigenvalue weighted by atomic mass is 9.91. The number of hydrogen-bond acceptors (Lipinski definition) is 0. The van der Waals surface area contributed by atoms with Gasteiger partial charge in [0.15, 0.2) is 0 Å². The summed E-state index contributed by atoms with van der Waals surface area (Å²) in [7, 11) is 0. The quantitative estimate of drug-likeness (QED) is 0.187. The predicted molar refractivity (Wildman–Crippen MR) is 141 cm³/mol. The Balaban J connectivity index is 1.55. The summed E-state index contributed by atoms with van der Waals surface area (Å²) in [6, 6.07) is 38.1. The van der Waals surface area contributed by atoms with Crippen molar-refractivity contribution in [1.82, 2.24) is 0 Å². The number of halogens is 1. The summed E-state index contributed by atoms with van der Waals surface area (Å²) >= 11 is 6.29. The monoisotopic (exact) mass is 439 g/mol. The van der Waals surface area contributed by atoms with Crippen LogP contribution in [0.25, 0.3) is 59.4 Å². The van der Waals surface area contributed by atoms with Crippen LogP contribution in [0.1, 0.15) is 0 Å². The van der Waals surface area contributed by atoms with Crippen molar-refractivity contribution in [3.63, 3.8) is 0 Å². The molecule has 154 valence electrons. The molecule has 0 aromatic heterocycles. The van der Waals surface area contributed by atoms with Crippen LogP contribution in [0.5, 0.6) is 0 Å². The van der Waals surface area contributed by atoms with Crippen LogP contribution < -0.4 is 0 Å². The fourth-order valence-electron chi connectivity index (χ4n) is 4.74. The molecule has 0 heterocycles. The van der Waals surface area contributed by atoms with Crippen LogP contribution in [0.15, 0.2) is 109 Å². The van der Waals surface area contributed by atoms with E-state index in [1.54, 1.807) is 6.07 Å². The van der Waals surface area contributed by atoms with Crippen molar-refractivity contribution in [2.24, 2.45) is 0 Å². The average Bonchev–Trinajstić information content (AvgIpc) is 2.88. The molecule has 0 atom stereocenters. The Bertz CT molecular complexity index is 1710. The Morgan fingerprint density at radius 1 is 0.455 bits per heavy atom. The molecule has 0 amide bonds. The zero-order valence-corrected chi connectivity index (χ0v) is 18.5. The molecule has 0 aliphatic rings. The van der Waals surface area contributed by atoms with Gasteiger partial charge in [-0.3, -0.25) is 0 Å². The third-order valence-electron chi connectivity index (χ3n) is 6.34. The molecule has 0 saturated heterocycles. The topological polar surface area (TPSA) is 4.36 Å². The molecule has 33 heavy (non-hydrogen) atoms. The first-order chi connectivity index (χ1) is 16.2. The van der Waals surface area contributed by atoms with E-state index in [1.807, 2.05) is 12.1 Å². The van der Waals surface area contributed by atoms with Gasteiger partial charge in [-0.15, -0.1) is 0 Å². The van der Waals surface area contributed by atoms with Gasteiger partial charge < -0.3 is 0 Å². The highest BCUT2D eigenvalue weighted by molar-refractivity contribution is 6.33. The highest BCUT2D eigenvalue weighted by atomic mass is 35.5. The first kappa shape index (κ1) is 19.6. The molecule has 0 N–H and O–H groups in total. The summed E-state index contributed by atoms with van der Waals surface area (Å²) in [4.78, 5) is 3.46. The lowest BCUT2D eigenvalue weighted by Crippen LogP contribution is -1.85. The van der Waals surface area contributed by atoms with Crippen molar-refractivity contribution in [3.8, 4) is 22.3 Å². The maximum Gasteiger partial charge on any atom is 0.205 e. The van der Waals surface area contributed by atoms with Crippen LogP contribution in [0.4, 0.5) is 5.69 Å². The van der Waals surface area contributed by atoms with Gasteiger partial charge in [0.05, 0.1) is 6.57 Å². The first-order valence-corrected chi connectivity index (χ1v) is 11.2.